The molecular weight excluding hydrogens is 228 g/mol. The molecule has 1 aliphatic carbocycles. The highest BCUT2D eigenvalue weighted by atomic mass is 35.5. The normalized spacial score (nSPS) is 12.3. The second-order valence-electron chi connectivity index (χ2n) is 3.71. The van der Waals surface area contributed by atoms with Crippen LogP contribution >= 0.6 is 11.6 Å². The van der Waals surface area contributed by atoms with Gasteiger partial charge in [0.25, 0.3) is 0 Å². The second-order valence-corrected chi connectivity index (χ2v) is 4.15. The van der Waals surface area contributed by atoms with E-state index in [1.165, 1.54) is 0 Å². The van der Waals surface area contributed by atoms with Gasteiger partial charge in [-0.25, -0.2) is 4.79 Å². The number of nitrogens with zero attached hydrogens (tertiary/aromatic N) is 1. The molecule has 2 aromatic rings. The molecule has 0 spiro atoms. The number of carboxylic acids is 1. The standard InChI is InChI=1S/C11H7ClN2O2/c12-6-2-1-5-3-8-9(7(5)4-6)13-14-10(8)11(15)16/h1-2,4H,3H2,(H,13,14)(H,15,16). The van der Waals surface area contributed by atoms with E-state index in [-0.39, 0.29) is 5.69 Å². The number of fused-ring (bicyclic) bond motifs is 3. The van der Waals surface area contributed by atoms with Crippen molar-refractivity contribution < 1.29 is 9.90 Å². The number of aromatic amines is 1. The van der Waals surface area contributed by atoms with E-state index in [0.717, 1.165) is 16.7 Å². The van der Waals surface area contributed by atoms with E-state index in [2.05, 4.69) is 10.2 Å². The predicted octanol–water partition coefficient (Wildman–Crippen LogP) is 2.33. The topological polar surface area (TPSA) is 66.0 Å². The number of benzene rings is 1. The quantitative estimate of drug-likeness (QED) is 0.679. The molecule has 5 heteroatoms. The smallest absolute Gasteiger partial charge is 0.354 e. The number of aromatic carboxylic acids is 1. The fourth-order valence-corrected chi connectivity index (χ4v) is 2.22. The van der Waals surface area contributed by atoms with Gasteiger partial charge in [-0.15, -0.1) is 0 Å². The number of carboxylic acid groups (broad SMARTS) is 1. The predicted molar refractivity (Wildman–Crippen MR) is 58.8 cm³/mol. The Morgan fingerprint density at radius 1 is 1.50 bits per heavy atom. The Hall–Kier alpha value is -1.81. The van der Waals surface area contributed by atoms with Crippen LogP contribution in [0, 0.1) is 0 Å². The molecule has 16 heavy (non-hydrogen) atoms. The third-order valence-corrected chi connectivity index (χ3v) is 3.01. The lowest BCUT2D eigenvalue weighted by Gasteiger charge is -1.98. The summed E-state index contributed by atoms with van der Waals surface area (Å²) in [5.41, 5.74) is 3.60. The molecule has 0 fully saturated rings. The van der Waals surface area contributed by atoms with Gasteiger partial charge in [0.1, 0.15) is 5.69 Å². The molecule has 0 atom stereocenters. The van der Waals surface area contributed by atoms with Crippen LogP contribution in [-0.4, -0.2) is 21.3 Å². The Morgan fingerprint density at radius 3 is 3.06 bits per heavy atom. The third kappa shape index (κ3) is 1.17. The average Bonchev–Trinajstić information content (AvgIpc) is 2.76. The van der Waals surface area contributed by atoms with E-state index in [1.807, 2.05) is 12.1 Å². The molecule has 0 saturated carbocycles. The number of nitrogens with one attached hydrogen (secondary N) is 1. The van der Waals surface area contributed by atoms with E-state index in [9.17, 15) is 4.79 Å². The fraction of sp³-hybridized carbons (Fsp3) is 0.0909. The first-order valence-electron chi connectivity index (χ1n) is 4.76. The number of hydrogen-bond acceptors (Lipinski definition) is 2. The maximum Gasteiger partial charge on any atom is 0.354 e. The Balaban J connectivity index is 2.22. The molecule has 0 bridgehead atoms. The van der Waals surface area contributed by atoms with Crippen molar-refractivity contribution in [3.8, 4) is 11.3 Å². The fourth-order valence-electron chi connectivity index (χ4n) is 2.05. The molecule has 80 valence electrons. The lowest BCUT2D eigenvalue weighted by molar-refractivity contribution is 0.0689. The molecule has 1 aromatic carbocycles. The highest BCUT2D eigenvalue weighted by Crippen LogP contribution is 2.37. The Labute approximate surface area is 95.9 Å². The van der Waals surface area contributed by atoms with Crippen molar-refractivity contribution in [2.24, 2.45) is 0 Å². The number of rotatable bonds is 1. The van der Waals surface area contributed by atoms with E-state index < -0.39 is 5.97 Å². The maximum absolute atomic E-state index is 10.9. The van der Waals surface area contributed by atoms with E-state index >= 15 is 0 Å². The highest BCUT2D eigenvalue weighted by molar-refractivity contribution is 6.31. The summed E-state index contributed by atoms with van der Waals surface area (Å²) in [6.45, 7) is 0. The summed E-state index contributed by atoms with van der Waals surface area (Å²) in [6, 6.07) is 5.52. The average molecular weight is 235 g/mol. The van der Waals surface area contributed by atoms with Gasteiger partial charge in [0.05, 0.1) is 5.69 Å². The maximum atomic E-state index is 10.9. The van der Waals surface area contributed by atoms with Gasteiger partial charge in [0.15, 0.2) is 0 Å². The molecule has 1 aliphatic rings. The molecule has 0 radical (unpaired) electrons. The van der Waals surface area contributed by atoms with Crippen molar-refractivity contribution in [3.63, 3.8) is 0 Å². The Kier molecular flexibility index (Phi) is 1.82. The molecule has 0 saturated heterocycles. The molecule has 0 amide bonds. The number of aromatic nitrogens is 2. The van der Waals surface area contributed by atoms with Gasteiger partial charge in [0, 0.05) is 22.6 Å². The van der Waals surface area contributed by atoms with Crippen LogP contribution in [0.1, 0.15) is 21.6 Å². The summed E-state index contributed by atoms with van der Waals surface area (Å²) in [4.78, 5) is 10.9. The van der Waals surface area contributed by atoms with Crippen molar-refractivity contribution in [3.05, 3.63) is 40.0 Å². The molecule has 1 aromatic heterocycles. The van der Waals surface area contributed by atoms with Gasteiger partial charge in [-0.05, 0) is 17.7 Å². The van der Waals surface area contributed by atoms with E-state index in [1.54, 1.807) is 6.07 Å². The highest BCUT2D eigenvalue weighted by Gasteiger charge is 2.27. The first-order valence-corrected chi connectivity index (χ1v) is 5.14. The largest absolute Gasteiger partial charge is 0.477 e. The summed E-state index contributed by atoms with van der Waals surface area (Å²) >= 11 is 5.90. The van der Waals surface area contributed by atoms with Gasteiger partial charge in [-0.2, -0.15) is 5.10 Å². The van der Waals surface area contributed by atoms with Gasteiger partial charge in [-0.3, -0.25) is 5.10 Å². The van der Waals surface area contributed by atoms with Crippen molar-refractivity contribution in [2.45, 2.75) is 6.42 Å². The van der Waals surface area contributed by atoms with Crippen molar-refractivity contribution in [2.75, 3.05) is 0 Å². The zero-order valence-electron chi connectivity index (χ0n) is 8.12. The van der Waals surface area contributed by atoms with Crippen molar-refractivity contribution in [1.82, 2.24) is 10.2 Å². The number of H-pyrrole nitrogens is 1. The van der Waals surface area contributed by atoms with Crippen LogP contribution in [0.15, 0.2) is 18.2 Å². The first kappa shape index (κ1) is 9.42. The minimum atomic E-state index is -0.979. The minimum Gasteiger partial charge on any atom is -0.477 e. The summed E-state index contributed by atoms with van der Waals surface area (Å²) in [7, 11) is 0. The van der Waals surface area contributed by atoms with Crippen LogP contribution < -0.4 is 0 Å². The lowest BCUT2D eigenvalue weighted by Crippen LogP contribution is -2.00. The number of hydrogen-bond donors (Lipinski definition) is 2. The van der Waals surface area contributed by atoms with Gasteiger partial charge < -0.3 is 5.11 Å². The van der Waals surface area contributed by atoms with Crippen LogP contribution in [0.2, 0.25) is 5.02 Å². The van der Waals surface area contributed by atoms with E-state index in [0.29, 0.717) is 17.1 Å². The van der Waals surface area contributed by atoms with Crippen molar-refractivity contribution >= 4 is 17.6 Å². The Morgan fingerprint density at radius 2 is 2.31 bits per heavy atom. The summed E-state index contributed by atoms with van der Waals surface area (Å²) in [6.07, 6.45) is 0.597. The number of carbonyl (C=O) groups is 1. The minimum absolute atomic E-state index is 0.169. The first-order chi connectivity index (χ1) is 7.66. The zero-order chi connectivity index (χ0) is 11.3. The van der Waals surface area contributed by atoms with Crippen LogP contribution in [0.4, 0.5) is 0 Å². The molecule has 3 rings (SSSR count). The molecular formula is C11H7ClN2O2. The summed E-state index contributed by atoms with van der Waals surface area (Å²) in [5.74, 6) is -0.979. The second kappa shape index (κ2) is 3.09. The number of halogens is 1. The van der Waals surface area contributed by atoms with Gasteiger partial charge >= 0.3 is 5.97 Å². The van der Waals surface area contributed by atoms with Crippen LogP contribution in [0.5, 0.6) is 0 Å². The lowest BCUT2D eigenvalue weighted by atomic mass is 10.1. The molecule has 0 aliphatic heterocycles. The van der Waals surface area contributed by atoms with Crippen molar-refractivity contribution in [1.29, 1.82) is 0 Å². The zero-order valence-corrected chi connectivity index (χ0v) is 8.88. The summed E-state index contributed by atoms with van der Waals surface area (Å²) < 4.78 is 0. The monoisotopic (exact) mass is 234 g/mol. The molecule has 4 nitrogen and oxygen atoms in total. The van der Waals surface area contributed by atoms with Gasteiger partial charge in [0.2, 0.25) is 0 Å². The van der Waals surface area contributed by atoms with Crippen LogP contribution in [-0.2, 0) is 6.42 Å². The van der Waals surface area contributed by atoms with Crippen LogP contribution in [0.3, 0.4) is 0 Å². The van der Waals surface area contributed by atoms with E-state index in [4.69, 9.17) is 16.7 Å². The molecule has 0 unspecified atom stereocenters. The SMILES string of the molecule is O=C(O)c1[nH]nc2c1Cc1ccc(Cl)cc1-2. The molecule has 1 heterocycles. The van der Waals surface area contributed by atoms with Crippen LogP contribution in [0.25, 0.3) is 11.3 Å². The molecule has 2 N–H and O–H groups in total. The Bertz CT molecular complexity index is 604. The van der Waals surface area contributed by atoms with Gasteiger partial charge in [-0.1, -0.05) is 17.7 Å². The third-order valence-electron chi connectivity index (χ3n) is 2.78. The summed E-state index contributed by atoms with van der Waals surface area (Å²) in [5, 5.41) is 16.2.